The number of ketones is 1. The zero-order chi connectivity index (χ0) is 9.14. The Balaban J connectivity index is 2.55. The fourth-order valence-electron chi connectivity index (χ4n) is 1.55. The molecule has 0 aromatic heterocycles. The Hall–Kier alpha value is -0.860. The van der Waals surface area contributed by atoms with Gasteiger partial charge in [-0.2, -0.15) is 0 Å². The molecule has 1 aliphatic rings. The molecule has 1 aliphatic heterocycles. The molecule has 0 saturated carbocycles. The van der Waals surface area contributed by atoms with Gasteiger partial charge in [0.1, 0.15) is 5.78 Å². The van der Waals surface area contributed by atoms with Crippen molar-refractivity contribution in [3.05, 3.63) is 0 Å². The van der Waals surface area contributed by atoms with E-state index in [4.69, 9.17) is 0 Å². The lowest BCUT2D eigenvalue weighted by molar-refractivity contribution is -0.135. The summed E-state index contributed by atoms with van der Waals surface area (Å²) in [5.41, 5.74) is 0. The summed E-state index contributed by atoms with van der Waals surface area (Å²) in [4.78, 5) is 24.0. The molecule has 3 nitrogen and oxygen atoms in total. The summed E-state index contributed by atoms with van der Waals surface area (Å²) in [5.74, 6) is 0.485. The third-order valence-corrected chi connectivity index (χ3v) is 2.46. The number of nitrogens with zero attached hydrogens (tertiary/aromatic N) is 1. The van der Waals surface area contributed by atoms with E-state index in [1.54, 1.807) is 11.8 Å². The molecule has 0 aliphatic carbocycles. The van der Waals surface area contributed by atoms with Crippen molar-refractivity contribution in [1.29, 1.82) is 0 Å². The molecular weight excluding hydrogens is 154 g/mol. The molecule has 1 saturated heterocycles. The van der Waals surface area contributed by atoms with Crippen LogP contribution in [0.1, 0.15) is 26.7 Å². The average Bonchev–Trinajstić information content (AvgIpc) is 2.05. The van der Waals surface area contributed by atoms with Crippen LogP contribution in [0, 0.1) is 5.92 Å². The predicted octanol–water partition coefficient (Wildman–Crippen LogP) is 0.834. The maximum absolute atomic E-state index is 11.3. The SMILES string of the molecule is CC[C@@H]1CN(C(C)=O)CCC1=O. The molecule has 3 heteroatoms. The van der Waals surface area contributed by atoms with E-state index in [9.17, 15) is 9.59 Å². The Bertz CT molecular complexity index is 201. The quantitative estimate of drug-likeness (QED) is 0.583. The van der Waals surface area contributed by atoms with Gasteiger partial charge in [0.15, 0.2) is 0 Å². The first-order valence-electron chi connectivity index (χ1n) is 4.43. The first-order valence-corrected chi connectivity index (χ1v) is 4.43. The first-order chi connectivity index (χ1) is 5.65. The number of rotatable bonds is 1. The highest BCUT2D eigenvalue weighted by Gasteiger charge is 2.26. The Labute approximate surface area is 72.7 Å². The van der Waals surface area contributed by atoms with Gasteiger partial charge in [-0.1, -0.05) is 6.92 Å². The van der Waals surface area contributed by atoms with Crippen molar-refractivity contribution in [2.45, 2.75) is 26.7 Å². The van der Waals surface area contributed by atoms with E-state index in [1.807, 2.05) is 6.92 Å². The van der Waals surface area contributed by atoms with Gasteiger partial charge in [0.2, 0.25) is 5.91 Å². The van der Waals surface area contributed by atoms with Gasteiger partial charge in [-0.3, -0.25) is 9.59 Å². The van der Waals surface area contributed by atoms with Crippen LogP contribution in [0.15, 0.2) is 0 Å². The first kappa shape index (κ1) is 9.23. The van der Waals surface area contributed by atoms with E-state index in [0.29, 0.717) is 25.3 Å². The molecule has 0 unspecified atom stereocenters. The van der Waals surface area contributed by atoms with Crippen LogP contribution < -0.4 is 0 Å². The Morgan fingerprint density at radius 3 is 2.83 bits per heavy atom. The molecular formula is C9H15NO2. The van der Waals surface area contributed by atoms with E-state index in [-0.39, 0.29) is 11.8 Å². The highest BCUT2D eigenvalue weighted by atomic mass is 16.2. The molecule has 1 atom stereocenters. The van der Waals surface area contributed by atoms with Crippen LogP contribution in [0.25, 0.3) is 0 Å². The Kier molecular flexibility index (Phi) is 2.84. The van der Waals surface area contributed by atoms with Crippen molar-refractivity contribution in [3.8, 4) is 0 Å². The minimum atomic E-state index is 0.0842. The number of hydrogen-bond acceptors (Lipinski definition) is 2. The maximum atomic E-state index is 11.3. The van der Waals surface area contributed by atoms with Gasteiger partial charge in [-0.05, 0) is 6.42 Å². The molecule has 1 rings (SSSR count). The van der Waals surface area contributed by atoms with Crippen molar-refractivity contribution in [3.63, 3.8) is 0 Å². The molecule has 0 aromatic rings. The number of hydrogen-bond donors (Lipinski definition) is 0. The molecule has 1 heterocycles. The fraction of sp³-hybridized carbons (Fsp3) is 0.778. The van der Waals surface area contributed by atoms with E-state index in [0.717, 1.165) is 6.42 Å². The van der Waals surface area contributed by atoms with E-state index >= 15 is 0 Å². The van der Waals surface area contributed by atoms with Crippen molar-refractivity contribution in [2.24, 2.45) is 5.92 Å². The smallest absolute Gasteiger partial charge is 0.219 e. The van der Waals surface area contributed by atoms with E-state index in [1.165, 1.54) is 0 Å². The van der Waals surface area contributed by atoms with Gasteiger partial charge >= 0.3 is 0 Å². The number of likely N-dealkylation sites (tertiary alicyclic amines) is 1. The fourth-order valence-corrected chi connectivity index (χ4v) is 1.55. The molecule has 0 radical (unpaired) electrons. The van der Waals surface area contributed by atoms with Gasteiger partial charge < -0.3 is 4.90 Å². The minimum Gasteiger partial charge on any atom is -0.342 e. The topological polar surface area (TPSA) is 37.4 Å². The van der Waals surface area contributed by atoms with E-state index in [2.05, 4.69) is 0 Å². The van der Waals surface area contributed by atoms with Crippen LogP contribution in [0.2, 0.25) is 0 Å². The van der Waals surface area contributed by atoms with Crippen LogP contribution in [-0.2, 0) is 9.59 Å². The van der Waals surface area contributed by atoms with Crippen LogP contribution >= 0.6 is 0 Å². The summed E-state index contributed by atoms with van der Waals surface area (Å²) in [6, 6.07) is 0. The largest absolute Gasteiger partial charge is 0.342 e. The van der Waals surface area contributed by atoms with Gasteiger partial charge in [0.05, 0.1) is 0 Å². The van der Waals surface area contributed by atoms with E-state index < -0.39 is 0 Å². The Morgan fingerprint density at radius 1 is 1.67 bits per heavy atom. The molecule has 68 valence electrons. The summed E-state index contributed by atoms with van der Waals surface area (Å²) in [6.07, 6.45) is 1.39. The van der Waals surface area contributed by atoms with Gasteiger partial charge in [-0.25, -0.2) is 0 Å². The monoisotopic (exact) mass is 169 g/mol. The second kappa shape index (κ2) is 3.70. The average molecular weight is 169 g/mol. The molecule has 0 N–H and O–H groups in total. The summed E-state index contributed by atoms with van der Waals surface area (Å²) in [5, 5.41) is 0. The van der Waals surface area contributed by atoms with Gasteiger partial charge in [-0.15, -0.1) is 0 Å². The van der Waals surface area contributed by atoms with Gasteiger partial charge in [0, 0.05) is 32.4 Å². The second-order valence-electron chi connectivity index (χ2n) is 3.29. The van der Waals surface area contributed by atoms with Crippen molar-refractivity contribution in [1.82, 2.24) is 4.90 Å². The number of carbonyl (C=O) groups is 2. The third kappa shape index (κ3) is 1.84. The summed E-state index contributed by atoms with van der Waals surface area (Å²) in [7, 11) is 0. The summed E-state index contributed by atoms with van der Waals surface area (Å²) >= 11 is 0. The lowest BCUT2D eigenvalue weighted by Gasteiger charge is -2.30. The summed E-state index contributed by atoms with van der Waals surface area (Å²) in [6.45, 7) is 4.80. The van der Waals surface area contributed by atoms with Crippen molar-refractivity contribution >= 4 is 11.7 Å². The third-order valence-electron chi connectivity index (χ3n) is 2.46. The van der Waals surface area contributed by atoms with Crippen LogP contribution in [0.5, 0.6) is 0 Å². The zero-order valence-electron chi connectivity index (χ0n) is 7.67. The van der Waals surface area contributed by atoms with Crippen LogP contribution in [0.3, 0.4) is 0 Å². The minimum absolute atomic E-state index is 0.0842. The highest BCUT2D eigenvalue weighted by molar-refractivity contribution is 5.84. The molecule has 12 heavy (non-hydrogen) atoms. The lowest BCUT2D eigenvalue weighted by atomic mass is 9.94. The lowest BCUT2D eigenvalue weighted by Crippen LogP contribution is -2.42. The van der Waals surface area contributed by atoms with Crippen LogP contribution in [-0.4, -0.2) is 29.7 Å². The van der Waals surface area contributed by atoms with Crippen LogP contribution in [0.4, 0.5) is 0 Å². The second-order valence-corrected chi connectivity index (χ2v) is 3.29. The molecule has 0 aromatic carbocycles. The zero-order valence-corrected chi connectivity index (χ0v) is 7.67. The molecule has 1 amide bonds. The Morgan fingerprint density at radius 2 is 2.33 bits per heavy atom. The maximum Gasteiger partial charge on any atom is 0.219 e. The highest BCUT2D eigenvalue weighted by Crippen LogP contribution is 2.15. The standard InChI is InChI=1S/C9H15NO2/c1-3-8-6-10(7(2)11)5-4-9(8)12/h8H,3-6H2,1-2H3/t8-/m1/s1. The molecule has 0 bridgehead atoms. The predicted molar refractivity (Wildman–Crippen MR) is 45.7 cm³/mol. The van der Waals surface area contributed by atoms with Crippen molar-refractivity contribution in [2.75, 3.05) is 13.1 Å². The summed E-state index contributed by atoms with van der Waals surface area (Å²) < 4.78 is 0. The molecule has 1 fully saturated rings. The number of piperidine rings is 1. The number of amides is 1. The van der Waals surface area contributed by atoms with Gasteiger partial charge in [0.25, 0.3) is 0 Å². The number of Topliss-reactive ketones (excluding diaryl/α,β-unsaturated/α-hetero) is 1. The number of carbonyl (C=O) groups excluding carboxylic acids is 2. The normalized spacial score (nSPS) is 24.3. The molecule has 0 spiro atoms. The van der Waals surface area contributed by atoms with Crippen molar-refractivity contribution < 1.29 is 9.59 Å².